The molecule has 0 heterocycles. The third-order valence-electron chi connectivity index (χ3n) is 3.52. The Morgan fingerprint density at radius 1 is 1.13 bits per heavy atom. The maximum atomic E-state index is 12.7. The molecule has 0 amide bonds. The molecule has 4 heteroatoms. The number of benzene rings is 2. The van der Waals surface area contributed by atoms with E-state index in [1.165, 1.54) is 0 Å². The zero-order chi connectivity index (χ0) is 16.5. The van der Waals surface area contributed by atoms with E-state index in [1.807, 2.05) is 30.3 Å². The van der Waals surface area contributed by atoms with Gasteiger partial charge in [-0.3, -0.25) is 4.79 Å². The molecule has 1 unspecified atom stereocenters. The highest BCUT2D eigenvalue weighted by Crippen LogP contribution is 2.25. The number of carbonyl (C=O) groups is 1. The number of aliphatic hydroxyl groups is 1. The van der Waals surface area contributed by atoms with Gasteiger partial charge in [0.15, 0.2) is 5.78 Å². The molecular formula is C19H19NO3. The maximum Gasteiger partial charge on any atom is 0.171 e. The number of ketones is 1. The van der Waals surface area contributed by atoms with E-state index in [0.29, 0.717) is 24.3 Å². The number of nitrogens with zero attached hydrogens (tertiary/aromatic N) is 1. The van der Waals surface area contributed by atoms with E-state index in [2.05, 4.69) is 6.07 Å². The van der Waals surface area contributed by atoms with Crippen molar-refractivity contribution in [3.05, 3.63) is 65.7 Å². The van der Waals surface area contributed by atoms with Gasteiger partial charge < -0.3 is 9.84 Å². The molecule has 0 aliphatic carbocycles. The summed E-state index contributed by atoms with van der Waals surface area (Å²) in [5, 5.41) is 17.7. The van der Waals surface area contributed by atoms with Crippen molar-refractivity contribution in [3.63, 3.8) is 0 Å². The molecule has 0 aromatic heterocycles. The number of rotatable bonds is 8. The van der Waals surface area contributed by atoms with Crippen molar-refractivity contribution >= 4 is 5.78 Å². The van der Waals surface area contributed by atoms with E-state index >= 15 is 0 Å². The monoisotopic (exact) mass is 309 g/mol. The Hall–Kier alpha value is -2.64. The van der Waals surface area contributed by atoms with E-state index in [-0.39, 0.29) is 18.8 Å². The summed E-state index contributed by atoms with van der Waals surface area (Å²) in [5.74, 6) is 0.133. The fraction of sp³-hybridized carbons (Fsp3) is 0.263. The molecule has 0 aliphatic rings. The fourth-order valence-corrected chi connectivity index (χ4v) is 2.31. The summed E-state index contributed by atoms with van der Waals surface area (Å²) in [6.45, 7) is 0.522. The van der Waals surface area contributed by atoms with E-state index in [4.69, 9.17) is 15.1 Å². The van der Waals surface area contributed by atoms with Gasteiger partial charge in [-0.1, -0.05) is 30.3 Å². The van der Waals surface area contributed by atoms with Crippen LogP contribution in [0.25, 0.3) is 0 Å². The summed E-state index contributed by atoms with van der Waals surface area (Å²) >= 11 is 0. The second kappa shape index (κ2) is 8.72. The molecule has 118 valence electrons. The van der Waals surface area contributed by atoms with E-state index in [0.717, 1.165) is 5.56 Å². The number of hydrogen-bond acceptors (Lipinski definition) is 4. The summed E-state index contributed by atoms with van der Waals surface area (Å²) in [6, 6.07) is 18.3. The van der Waals surface area contributed by atoms with Crippen molar-refractivity contribution in [2.75, 3.05) is 13.2 Å². The molecule has 1 N–H and O–H groups in total. The zero-order valence-electron chi connectivity index (χ0n) is 12.8. The first-order valence-corrected chi connectivity index (χ1v) is 7.56. The van der Waals surface area contributed by atoms with Crippen LogP contribution < -0.4 is 4.74 Å². The first kappa shape index (κ1) is 16.7. The lowest BCUT2D eigenvalue weighted by Gasteiger charge is -2.13. The summed E-state index contributed by atoms with van der Waals surface area (Å²) in [6.07, 6.45) is 0.719. The predicted octanol–water partition coefficient (Wildman–Crippen LogP) is 3.33. The highest BCUT2D eigenvalue weighted by Gasteiger charge is 2.21. The Kier molecular flexibility index (Phi) is 6.34. The molecule has 0 fully saturated rings. The van der Waals surface area contributed by atoms with Gasteiger partial charge in [0.2, 0.25) is 0 Å². The van der Waals surface area contributed by atoms with E-state index in [1.54, 1.807) is 24.3 Å². The van der Waals surface area contributed by atoms with Crippen molar-refractivity contribution in [3.8, 4) is 11.8 Å². The van der Waals surface area contributed by atoms with Crippen molar-refractivity contribution < 1.29 is 14.6 Å². The fourth-order valence-electron chi connectivity index (χ4n) is 2.31. The third kappa shape index (κ3) is 4.67. The number of aliphatic hydroxyl groups excluding tert-OH is 1. The lowest BCUT2D eigenvalue weighted by molar-refractivity contribution is 0.0960. The zero-order valence-corrected chi connectivity index (χ0v) is 12.8. The van der Waals surface area contributed by atoms with Crippen LogP contribution in [0.1, 0.15) is 34.7 Å². The minimum absolute atomic E-state index is 0.0698. The van der Waals surface area contributed by atoms with Crippen molar-refractivity contribution in [2.45, 2.75) is 18.8 Å². The molecule has 23 heavy (non-hydrogen) atoms. The van der Waals surface area contributed by atoms with Gasteiger partial charge in [-0.2, -0.15) is 5.26 Å². The molecule has 2 aromatic carbocycles. The van der Waals surface area contributed by atoms with Crippen LogP contribution >= 0.6 is 0 Å². The van der Waals surface area contributed by atoms with Crippen LogP contribution in [0.4, 0.5) is 0 Å². The quantitative estimate of drug-likeness (QED) is 0.600. The first-order valence-electron chi connectivity index (χ1n) is 7.56. The molecule has 4 nitrogen and oxygen atoms in total. The number of nitriles is 1. The molecular weight excluding hydrogens is 290 g/mol. The molecule has 1 atom stereocenters. The molecule has 0 bridgehead atoms. The topological polar surface area (TPSA) is 70.3 Å². The Morgan fingerprint density at radius 2 is 1.83 bits per heavy atom. The van der Waals surface area contributed by atoms with Gasteiger partial charge in [-0.05, 0) is 29.8 Å². The average Bonchev–Trinajstić information content (AvgIpc) is 2.61. The normalized spacial score (nSPS) is 11.5. The number of hydrogen-bond donors (Lipinski definition) is 1. The second-order valence-electron chi connectivity index (χ2n) is 5.14. The lowest BCUT2D eigenvalue weighted by Crippen LogP contribution is -2.12. The second-order valence-corrected chi connectivity index (χ2v) is 5.14. The Labute approximate surface area is 136 Å². The highest BCUT2D eigenvalue weighted by atomic mass is 16.5. The molecule has 0 aliphatic heterocycles. The van der Waals surface area contributed by atoms with Crippen LogP contribution in [-0.2, 0) is 0 Å². The Balaban J connectivity index is 2.12. The van der Waals surface area contributed by atoms with E-state index < -0.39 is 5.92 Å². The smallest absolute Gasteiger partial charge is 0.171 e. The SMILES string of the molecule is N#CCC(C(=O)c1ccc(OCCCO)cc1)c1ccccc1. The molecule has 0 radical (unpaired) electrons. The van der Waals surface area contributed by atoms with Crippen LogP contribution in [-0.4, -0.2) is 24.1 Å². The Morgan fingerprint density at radius 3 is 2.43 bits per heavy atom. The number of ether oxygens (including phenoxy) is 1. The third-order valence-corrected chi connectivity index (χ3v) is 3.52. The largest absolute Gasteiger partial charge is 0.494 e. The van der Waals surface area contributed by atoms with Gasteiger partial charge in [0, 0.05) is 25.0 Å². The van der Waals surface area contributed by atoms with Crippen LogP contribution in [0.3, 0.4) is 0 Å². The summed E-state index contributed by atoms with van der Waals surface area (Å²) in [7, 11) is 0. The molecule has 0 saturated heterocycles. The standard InChI is InChI=1S/C19H19NO3/c20-12-11-18(15-5-2-1-3-6-15)19(22)16-7-9-17(10-8-16)23-14-4-13-21/h1-3,5-10,18,21H,4,11,13-14H2. The molecule has 2 rings (SSSR count). The lowest BCUT2D eigenvalue weighted by atomic mass is 9.88. The molecule has 0 saturated carbocycles. The number of Topliss-reactive ketones (excluding diaryl/α,β-unsaturated/α-hetero) is 1. The summed E-state index contributed by atoms with van der Waals surface area (Å²) in [5.41, 5.74) is 1.41. The maximum absolute atomic E-state index is 12.7. The first-order chi connectivity index (χ1) is 11.3. The van der Waals surface area contributed by atoms with Crippen LogP contribution in [0, 0.1) is 11.3 Å². The van der Waals surface area contributed by atoms with Gasteiger partial charge in [0.25, 0.3) is 0 Å². The van der Waals surface area contributed by atoms with Crippen LogP contribution in [0.15, 0.2) is 54.6 Å². The summed E-state index contributed by atoms with van der Waals surface area (Å²) in [4.78, 5) is 12.7. The highest BCUT2D eigenvalue weighted by molar-refractivity contribution is 6.01. The Bertz CT molecular complexity index is 659. The van der Waals surface area contributed by atoms with Gasteiger partial charge in [0.05, 0.1) is 18.6 Å². The van der Waals surface area contributed by atoms with Crippen LogP contribution in [0.2, 0.25) is 0 Å². The predicted molar refractivity (Wildman–Crippen MR) is 87.4 cm³/mol. The minimum atomic E-state index is -0.456. The van der Waals surface area contributed by atoms with Crippen molar-refractivity contribution in [1.29, 1.82) is 5.26 Å². The van der Waals surface area contributed by atoms with Gasteiger partial charge in [-0.25, -0.2) is 0 Å². The van der Waals surface area contributed by atoms with Crippen molar-refractivity contribution in [1.82, 2.24) is 0 Å². The van der Waals surface area contributed by atoms with Gasteiger partial charge in [-0.15, -0.1) is 0 Å². The van der Waals surface area contributed by atoms with Gasteiger partial charge in [0.1, 0.15) is 5.75 Å². The average molecular weight is 309 g/mol. The summed E-state index contributed by atoms with van der Waals surface area (Å²) < 4.78 is 5.45. The van der Waals surface area contributed by atoms with Crippen LogP contribution in [0.5, 0.6) is 5.75 Å². The van der Waals surface area contributed by atoms with Crippen molar-refractivity contribution in [2.24, 2.45) is 0 Å². The van der Waals surface area contributed by atoms with Gasteiger partial charge >= 0.3 is 0 Å². The van der Waals surface area contributed by atoms with E-state index in [9.17, 15) is 4.79 Å². The molecule has 2 aromatic rings. The molecule has 0 spiro atoms. The number of carbonyl (C=O) groups excluding carboxylic acids is 1. The minimum Gasteiger partial charge on any atom is -0.494 e.